The number of non-ortho nitro benzene ring substituents is 1. The first kappa shape index (κ1) is 17.2. The van der Waals surface area contributed by atoms with Crippen LogP contribution in [0.25, 0.3) is 12.2 Å². The molecule has 0 fully saturated rings. The van der Waals surface area contributed by atoms with E-state index in [1.54, 1.807) is 18.2 Å². The average Bonchev–Trinajstić information content (AvgIpc) is 3.11. The number of carbonyl (C=O) groups is 1. The fourth-order valence-corrected chi connectivity index (χ4v) is 2.25. The van der Waals surface area contributed by atoms with Crippen LogP contribution in [-0.4, -0.2) is 24.3 Å². The zero-order valence-electron chi connectivity index (χ0n) is 13.7. The van der Waals surface area contributed by atoms with E-state index in [2.05, 4.69) is 0 Å². The standard InChI is InChI=1S/C19H15NO6/c21-19(10-6-14-3-7-16(8-4-14)20(22)23)24-11-1-2-15-5-9-17-18(12-15)26-13-25-17/h1-10,12H,11,13H2/b2-1-,10-6-. The third kappa shape index (κ3) is 4.47. The Morgan fingerprint density at radius 2 is 1.81 bits per heavy atom. The quantitative estimate of drug-likeness (QED) is 0.341. The Labute approximate surface area is 149 Å². The van der Waals surface area contributed by atoms with Crippen molar-refractivity contribution in [3.8, 4) is 11.5 Å². The Bertz CT molecular complexity index is 870. The van der Waals surface area contributed by atoms with Crippen molar-refractivity contribution in [2.24, 2.45) is 0 Å². The second-order valence-corrected chi connectivity index (χ2v) is 5.33. The predicted molar refractivity (Wildman–Crippen MR) is 94.7 cm³/mol. The second-order valence-electron chi connectivity index (χ2n) is 5.33. The summed E-state index contributed by atoms with van der Waals surface area (Å²) in [5.41, 5.74) is 1.58. The Hall–Kier alpha value is -3.61. The molecular weight excluding hydrogens is 338 g/mol. The summed E-state index contributed by atoms with van der Waals surface area (Å²) in [6.45, 7) is 0.346. The summed E-state index contributed by atoms with van der Waals surface area (Å²) in [5.74, 6) is 0.902. The van der Waals surface area contributed by atoms with Crippen molar-refractivity contribution in [1.82, 2.24) is 0 Å². The van der Waals surface area contributed by atoms with Gasteiger partial charge < -0.3 is 14.2 Å². The first-order chi connectivity index (χ1) is 12.6. The van der Waals surface area contributed by atoms with Gasteiger partial charge in [0, 0.05) is 18.2 Å². The maximum Gasteiger partial charge on any atom is 0.331 e. The van der Waals surface area contributed by atoms with Crippen LogP contribution in [0.3, 0.4) is 0 Å². The van der Waals surface area contributed by atoms with Crippen LogP contribution in [0.1, 0.15) is 11.1 Å². The van der Waals surface area contributed by atoms with Gasteiger partial charge in [-0.25, -0.2) is 4.79 Å². The lowest BCUT2D eigenvalue weighted by Crippen LogP contribution is -1.99. The lowest BCUT2D eigenvalue weighted by molar-refractivity contribution is -0.384. The number of nitro groups is 1. The molecule has 0 radical (unpaired) electrons. The van der Waals surface area contributed by atoms with E-state index in [1.807, 2.05) is 24.3 Å². The number of hydrogen-bond donors (Lipinski definition) is 0. The molecule has 7 heteroatoms. The molecule has 2 aromatic carbocycles. The van der Waals surface area contributed by atoms with E-state index in [9.17, 15) is 14.9 Å². The summed E-state index contributed by atoms with van der Waals surface area (Å²) >= 11 is 0. The Kier molecular flexibility index (Phi) is 5.28. The minimum absolute atomic E-state index is 0.00150. The largest absolute Gasteiger partial charge is 0.458 e. The molecule has 0 saturated carbocycles. The molecule has 2 aromatic rings. The van der Waals surface area contributed by atoms with Gasteiger partial charge in [-0.2, -0.15) is 0 Å². The van der Waals surface area contributed by atoms with Crippen molar-refractivity contribution in [2.75, 3.05) is 13.4 Å². The molecule has 0 spiro atoms. The molecular formula is C19H15NO6. The van der Waals surface area contributed by atoms with E-state index in [1.165, 1.54) is 24.3 Å². The van der Waals surface area contributed by atoms with E-state index in [-0.39, 0.29) is 19.1 Å². The van der Waals surface area contributed by atoms with Gasteiger partial charge in [-0.1, -0.05) is 12.1 Å². The summed E-state index contributed by atoms with van der Waals surface area (Å²) in [4.78, 5) is 21.8. The van der Waals surface area contributed by atoms with Crippen molar-refractivity contribution in [3.05, 3.63) is 75.9 Å². The molecule has 3 rings (SSSR count). The van der Waals surface area contributed by atoms with Gasteiger partial charge >= 0.3 is 5.97 Å². The van der Waals surface area contributed by atoms with Crippen LogP contribution in [0.5, 0.6) is 11.5 Å². The first-order valence-corrected chi connectivity index (χ1v) is 7.77. The van der Waals surface area contributed by atoms with Gasteiger partial charge in [-0.15, -0.1) is 0 Å². The molecule has 7 nitrogen and oxygen atoms in total. The zero-order valence-corrected chi connectivity index (χ0v) is 13.7. The molecule has 0 bridgehead atoms. The average molecular weight is 353 g/mol. The monoisotopic (exact) mass is 353 g/mol. The highest BCUT2D eigenvalue weighted by Crippen LogP contribution is 2.32. The molecule has 0 unspecified atom stereocenters. The van der Waals surface area contributed by atoms with Crippen LogP contribution in [0.4, 0.5) is 5.69 Å². The lowest BCUT2D eigenvalue weighted by Gasteiger charge is -1.99. The summed E-state index contributed by atoms with van der Waals surface area (Å²) in [5, 5.41) is 10.6. The zero-order chi connectivity index (χ0) is 18.4. The first-order valence-electron chi connectivity index (χ1n) is 7.77. The molecule has 26 heavy (non-hydrogen) atoms. The normalized spacial score (nSPS) is 12.6. The number of ether oxygens (including phenoxy) is 3. The van der Waals surface area contributed by atoms with E-state index < -0.39 is 10.9 Å². The van der Waals surface area contributed by atoms with Gasteiger partial charge in [0.2, 0.25) is 6.79 Å². The van der Waals surface area contributed by atoms with E-state index in [0.29, 0.717) is 17.1 Å². The smallest absolute Gasteiger partial charge is 0.331 e. The van der Waals surface area contributed by atoms with Crippen LogP contribution in [0.2, 0.25) is 0 Å². The topological polar surface area (TPSA) is 87.9 Å². The Morgan fingerprint density at radius 1 is 1.08 bits per heavy atom. The molecule has 0 saturated heterocycles. The number of nitro benzene ring substituents is 1. The molecule has 1 aliphatic heterocycles. The minimum Gasteiger partial charge on any atom is -0.458 e. The van der Waals surface area contributed by atoms with Crippen molar-refractivity contribution in [2.45, 2.75) is 0 Å². The molecule has 0 amide bonds. The summed E-state index contributed by atoms with van der Waals surface area (Å²) in [7, 11) is 0. The Balaban J connectivity index is 1.47. The number of fused-ring (bicyclic) bond motifs is 1. The van der Waals surface area contributed by atoms with Gasteiger partial charge in [0.15, 0.2) is 11.5 Å². The highest BCUT2D eigenvalue weighted by atomic mass is 16.7. The van der Waals surface area contributed by atoms with Gasteiger partial charge in [-0.05, 0) is 47.5 Å². The molecule has 0 N–H and O–H groups in total. The second kappa shape index (κ2) is 7.98. The molecule has 1 heterocycles. The van der Waals surface area contributed by atoms with Crippen molar-refractivity contribution < 1.29 is 23.9 Å². The minimum atomic E-state index is -0.501. The summed E-state index contributed by atoms with van der Waals surface area (Å²) in [6, 6.07) is 11.4. The third-order valence-electron chi connectivity index (χ3n) is 3.54. The lowest BCUT2D eigenvalue weighted by atomic mass is 10.2. The van der Waals surface area contributed by atoms with Crippen LogP contribution in [-0.2, 0) is 9.53 Å². The van der Waals surface area contributed by atoms with E-state index in [4.69, 9.17) is 14.2 Å². The van der Waals surface area contributed by atoms with Gasteiger partial charge in [0.1, 0.15) is 6.61 Å². The van der Waals surface area contributed by atoms with Gasteiger partial charge in [-0.3, -0.25) is 10.1 Å². The van der Waals surface area contributed by atoms with Crippen LogP contribution >= 0.6 is 0 Å². The summed E-state index contributed by atoms with van der Waals surface area (Å²) in [6.07, 6.45) is 6.34. The number of rotatable bonds is 6. The van der Waals surface area contributed by atoms with Crippen molar-refractivity contribution in [1.29, 1.82) is 0 Å². The molecule has 0 atom stereocenters. The van der Waals surface area contributed by atoms with E-state index >= 15 is 0 Å². The van der Waals surface area contributed by atoms with Gasteiger partial charge in [0.05, 0.1) is 4.92 Å². The fourth-order valence-electron chi connectivity index (χ4n) is 2.25. The SMILES string of the molecule is O=C(/C=C\c1ccc([N+](=O)[O-])cc1)OC/C=C\c1ccc2c(c1)OCO2. The fraction of sp³-hybridized carbons (Fsp3) is 0.105. The molecule has 0 aromatic heterocycles. The third-order valence-corrected chi connectivity index (χ3v) is 3.54. The highest BCUT2D eigenvalue weighted by Gasteiger charge is 2.12. The maximum atomic E-state index is 11.7. The van der Waals surface area contributed by atoms with Gasteiger partial charge in [0.25, 0.3) is 5.69 Å². The molecule has 0 aliphatic carbocycles. The van der Waals surface area contributed by atoms with Crippen molar-refractivity contribution >= 4 is 23.8 Å². The molecule has 132 valence electrons. The maximum absolute atomic E-state index is 11.7. The molecule has 1 aliphatic rings. The number of hydrogen-bond acceptors (Lipinski definition) is 6. The van der Waals surface area contributed by atoms with Crippen LogP contribution in [0, 0.1) is 10.1 Å². The highest BCUT2D eigenvalue weighted by molar-refractivity contribution is 5.87. The van der Waals surface area contributed by atoms with Crippen molar-refractivity contribution in [3.63, 3.8) is 0 Å². The van der Waals surface area contributed by atoms with Crippen LogP contribution in [0.15, 0.2) is 54.6 Å². The van der Waals surface area contributed by atoms with Crippen LogP contribution < -0.4 is 9.47 Å². The number of carbonyl (C=O) groups excluding carboxylic acids is 1. The number of benzene rings is 2. The summed E-state index contributed by atoms with van der Waals surface area (Å²) < 4.78 is 15.6. The predicted octanol–water partition coefficient (Wildman–Crippen LogP) is 3.59. The van der Waals surface area contributed by atoms with E-state index in [0.717, 1.165) is 5.56 Å². The Morgan fingerprint density at radius 3 is 2.58 bits per heavy atom. The number of esters is 1. The number of nitrogens with zero attached hydrogens (tertiary/aromatic N) is 1.